The molecule has 0 aliphatic heterocycles. The molecule has 1 atom stereocenters. The number of aryl methyl sites for hydroxylation is 1. The van der Waals surface area contributed by atoms with E-state index in [0.717, 1.165) is 5.76 Å². The van der Waals surface area contributed by atoms with E-state index in [1.165, 1.54) is 18.3 Å². The fourth-order valence-electron chi connectivity index (χ4n) is 1.37. The van der Waals surface area contributed by atoms with Crippen LogP contribution in [0.5, 0.6) is 0 Å². The molecular weight excluding hydrogens is 268 g/mol. The highest BCUT2D eigenvalue weighted by atomic mass is 32.1. The van der Waals surface area contributed by atoms with Crippen molar-refractivity contribution in [1.82, 2.24) is 10.3 Å². The molecule has 0 aliphatic carbocycles. The molecule has 2 heterocycles. The highest BCUT2D eigenvalue weighted by Gasteiger charge is 2.18. The summed E-state index contributed by atoms with van der Waals surface area (Å²) in [4.78, 5) is 26.5. The van der Waals surface area contributed by atoms with E-state index in [-0.39, 0.29) is 5.69 Å². The van der Waals surface area contributed by atoms with Crippen LogP contribution < -0.4 is 5.32 Å². The van der Waals surface area contributed by atoms with Gasteiger partial charge in [-0.15, -0.1) is 11.3 Å². The first kappa shape index (κ1) is 13.3. The summed E-state index contributed by atoms with van der Waals surface area (Å²) in [5.41, 5.74) is 0.183. The monoisotopic (exact) mass is 280 g/mol. The van der Waals surface area contributed by atoms with Crippen molar-refractivity contribution in [2.75, 3.05) is 0 Å². The molecule has 0 fully saturated rings. The van der Waals surface area contributed by atoms with Crippen molar-refractivity contribution in [3.63, 3.8) is 0 Å². The molecule has 0 saturated carbocycles. The van der Waals surface area contributed by atoms with E-state index < -0.39 is 17.9 Å². The molecule has 0 saturated heterocycles. The second kappa shape index (κ2) is 5.23. The summed E-state index contributed by atoms with van der Waals surface area (Å²) in [6, 6.07) is 2.63. The molecule has 100 valence electrons. The standard InChI is InChI=1S/C12H12N2O4S/c1-6-3-4-9(18-6)11-14-8(5-19-11)10(15)13-7(2)12(16)17/h3-5,7H,1-2H3,(H,13,15)(H,16,17). The summed E-state index contributed by atoms with van der Waals surface area (Å²) in [7, 11) is 0. The number of furan rings is 1. The number of carboxylic acids is 1. The zero-order chi connectivity index (χ0) is 14.0. The number of thiazole rings is 1. The molecule has 0 spiro atoms. The third kappa shape index (κ3) is 3.00. The van der Waals surface area contributed by atoms with Gasteiger partial charge in [-0.2, -0.15) is 0 Å². The number of hydrogen-bond donors (Lipinski definition) is 2. The lowest BCUT2D eigenvalue weighted by atomic mass is 10.3. The highest BCUT2D eigenvalue weighted by molar-refractivity contribution is 7.13. The van der Waals surface area contributed by atoms with E-state index >= 15 is 0 Å². The second-order valence-electron chi connectivity index (χ2n) is 3.98. The van der Waals surface area contributed by atoms with Gasteiger partial charge in [0.1, 0.15) is 17.5 Å². The van der Waals surface area contributed by atoms with Crippen molar-refractivity contribution in [3.8, 4) is 10.8 Å². The maximum Gasteiger partial charge on any atom is 0.325 e. The van der Waals surface area contributed by atoms with E-state index in [1.54, 1.807) is 11.4 Å². The highest BCUT2D eigenvalue weighted by Crippen LogP contribution is 2.25. The molecule has 0 aliphatic rings. The van der Waals surface area contributed by atoms with E-state index in [9.17, 15) is 9.59 Å². The average Bonchev–Trinajstić information content (AvgIpc) is 2.96. The average molecular weight is 280 g/mol. The largest absolute Gasteiger partial charge is 0.480 e. The van der Waals surface area contributed by atoms with Crippen LogP contribution in [0.4, 0.5) is 0 Å². The molecule has 2 aromatic rings. The van der Waals surface area contributed by atoms with Crippen LogP contribution >= 0.6 is 11.3 Å². The smallest absolute Gasteiger partial charge is 0.325 e. The number of rotatable bonds is 4. The van der Waals surface area contributed by atoms with Crippen LogP contribution in [0.1, 0.15) is 23.2 Å². The molecule has 7 heteroatoms. The van der Waals surface area contributed by atoms with Crippen molar-refractivity contribution >= 4 is 23.2 Å². The minimum Gasteiger partial charge on any atom is -0.480 e. The predicted molar refractivity (Wildman–Crippen MR) is 69.1 cm³/mol. The molecule has 1 unspecified atom stereocenters. The summed E-state index contributed by atoms with van der Waals surface area (Å²) in [5.74, 6) is -0.255. The summed E-state index contributed by atoms with van der Waals surface area (Å²) >= 11 is 1.27. The molecule has 2 rings (SSSR count). The van der Waals surface area contributed by atoms with E-state index in [0.29, 0.717) is 10.8 Å². The zero-order valence-corrected chi connectivity index (χ0v) is 11.2. The SMILES string of the molecule is Cc1ccc(-c2nc(C(=O)NC(C)C(=O)O)cs2)o1. The number of carbonyl (C=O) groups is 2. The maximum atomic E-state index is 11.7. The third-order valence-corrected chi connectivity index (χ3v) is 3.26. The number of hydrogen-bond acceptors (Lipinski definition) is 5. The summed E-state index contributed by atoms with van der Waals surface area (Å²) in [5, 5.41) is 13.2. The van der Waals surface area contributed by atoms with Gasteiger partial charge >= 0.3 is 5.97 Å². The lowest BCUT2D eigenvalue weighted by molar-refractivity contribution is -0.138. The normalized spacial score (nSPS) is 12.1. The number of nitrogens with zero attached hydrogens (tertiary/aromatic N) is 1. The lowest BCUT2D eigenvalue weighted by Gasteiger charge is -2.06. The maximum absolute atomic E-state index is 11.7. The quantitative estimate of drug-likeness (QED) is 0.892. The molecule has 1 amide bonds. The first-order chi connectivity index (χ1) is 8.97. The third-order valence-electron chi connectivity index (χ3n) is 2.41. The van der Waals surface area contributed by atoms with Gasteiger partial charge in [0.15, 0.2) is 10.8 Å². The molecule has 0 bridgehead atoms. The molecule has 6 nitrogen and oxygen atoms in total. The Labute approximate surface area is 113 Å². The van der Waals surface area contributed by atoms with E-state index in [2.05, 4.69) is 10.3 Å². The Morgan fingerprint density at radius 2 is 2.21 bits per heavy atom. The predicted octanol–water partition coefficient (Wildman–Crippen LogP) is 1.91. The summed E-state index contributed by atoms with van der Waals surface area (Å²) in [6.07, 6.45) is 0. The van der Waals surface area contributed by atoms with Gasteiger partial charge in [-0.05, 0) is 26.0 Å². The van der Waals surface area contributed by atoms with Gasteiger partial charge in [0.25, 0.3) is 5.91 Å². The van der Waals surface area contributed by atoms with Gasteiger partial charge in [0.2, 0.25) is 0 Å². The van der Waals surface area contributed by atoms with Crippen LogP contribution in [0, 0.1) is 6.92 Å². The first-order valence-electron chi connectivity index (χ1n) is 5.53. The molecular formula is C12H12N2O4S. The van der Waals surface area contributed by atoms with Crippen molar-refractivity contribution in [3.05, 3.63) is 29.0 Å². The first-order valence-corrected chi connectivity index (χ1v) is 6.41. The van der Waals surface area contributed by atoms with Crippen molar-refractivity contribution < 1.29 is 19.1 Å². The topological polar surface area (TPSA) is 92.4 Å². The number of carbonyl (C=O) groups excluding carboxylic acids is 1. The Morgan fingerprint density at radius 1 is 1.47 bits per heavy atom. The van der Waals surface area contributed by atoms with Gasteiger partial charge < -0.3 is 14.8 Å². The molecule has 2 N–H and O–H groups in total. The van der Waals surface area contributed by atoms with Crippen LogP contribution in [0.2, 0.25) is 0 Å². The van der Waals surface area contributed by atoms with Gasteiger partial charge in [-0.3, -0.25) is 9.59 Å². The Morgan fingerprint density at radius 3 is 2.79 bits per heavy atom. The van der Waals surface area contributed by atoms with Gasteiger partial charge in [0, 0.05) is 5.38 Å². The molecule has 19 heavy (non-hydrogen) atoms. The van der Waals surface area contributed by atoms with Crippen LogP contribution in [0.3, 0.4) is 0 Å². The summed E-state index contributed by atoms with van der Waals surface area (Å²) in [6.45, 7) is 3.21. The minimum absolute atomic E-state index is 0.183. The van der Waals surface area contributed by atoms with Crippen molar-refractivity contribution in [2.24, 2.45) is 0 Å². The minimum atomic E-state index is -1.09. The molecule has 0 radical (unpaired) electrons. The fraction of sp³-hybridized carbons (Fsp3) is 0.250. The zero-order valence-electron chi connectivity index (χ0n) is 10.3. The Bertz CT molecular complexity index is 617. The number of carboxylic acid groups (broad SMARTS) is 1. The molecule has 2 aromatic heterocycles. The lowest BCUT2D eigenvalue weighted by Crippen LogP contribution is -2.38. The fourth-order valence-corrected chi connectivity index (χ4v) is 2.13. The number of aliphatic carboxylic acids is 1. The van der Waals surface area contributed by atoms with E-state index in [4.69, 9.17) is 9.52 Å². The number of aromatic nitrogens is 1. The van der Waals surface area contributed by atoms with Gasteiger partial charge in [0.05, 0.1) is 0 Å². The number of amides is 1. The van der Waals surface area contributed by atoms with Crippen LogP contribution in [0.15, 0.2) is 21.9 Å². The Hall–Kier alpha value is -2.15. The van der Waals surface area contributed by atoms with Gasteiger partial charge in [-0.25, -0.2) is 4.98 Å². The number of nitrogens with one attached hydrogen (secondary N) is 1. The van der Waals surface area contributed by atoms with Crippen molar-refractivity contribution in [1.29, 1.82) is 0 Å². The summed E-state index contributed by atoms with van der Waals surface area (Å²) < 4.78 is 5.40. The van der Waals surface area contributed by atoms with Crippen molar-refractivity contribution in [2.45, 2.75) is 19.9 Å². The Balaban J connectivity index is 2.13. The molecule has 0 aromatic carbocycles. The van der Waals surface area contributed by atoms with Crippen LogP contribution in [0.25, 0.3) is 10.8 Å². The second-order valence-corrected chi connectivity index (χ2v) is 4.84. The van der Waals surface area contributed by atoms with Gasteiger partial charge in [-0.1, -0.05) is 0 Å². The van der Waals surface area contributed by atoms with E-state index in [1.807, 2.05) is 13.0 Å². The van der Waals surface area contributed by atoms with Crippen LogP contribution in [-0.4, -0.2) is 28.0 Å². The van der Waals surface area contributed by atoms with Crippen LogP contribution in [-0.2, 0) is 4.79 Å². The Kier molecular flexibility index (Phi) is 3.66.